The fourth-order valence-corrected chi connectivity index (χ4v) is 0. The minimum absolute atomic E-state index is 1.13. The van der Waals surface area contributed by atoms with E-state index in [1.165, 1.54) is 0 Å². The second kappa shape index (κ2) is 3.37. The normalized spacial score (nSPS) is 7.25. The van der Waals surface area contributed by atoms with Gasteiger partial charge in [0.1, 0.15) is 0 Å². The van der Waals surface area contributed by atoms with Crippen molar-refractivity contribution in [2.45, 2.75) is 0 Å². The summed E-state index contributed by atoms with van der Waals surface area (Å²) in [6, 6.07) is 0. The second-order valence-electron chi connectivity index (χ2n) is 0.263. The van der Waals surface area contributed by atoms with Crippen molar-refractivity contribution in [3.63, 3.8) is 0 Å². The summed E-state index contributed by atoms with van der Waals surface area (Å²) >= 11 is 1.13. The van der Waals surface area contributed by atoms with Gasteiger partial charge in [0.05, 0.1) is 0 Å². The molecule has 0 aliphatic heterocycles. The van der Waals surface area contributed by atoms with Crippen LogP contribution in [0.3, 0.4) is 0 Å². The summed E-state index contributed by atoms with van der Waals surface area (Å²) in [5, 5.41) is 0. The maximum atomic E-state index is 4.49. The molecular formula is CH3BOS. The predicted molar refractivity (Wildman–Crippen MR) is 20.4 cm³/mol. The fraction of sp³-hybridized carbons (Fsp3) is 1.00. The van der Waals surface area contributed by atoms with Crippen LogP contribution in [0.2, 0.25) is 0 Å². The summed E-state index contributed by atoms with van der Waals surface area (Å²) in [5.74, 6) is 0. The van der Waals surface area contributed by atoms with Crippen LogP contribution in [-0.4, -0.2) is 14.3 Å². The van der Waals surface area contributed by atoms with E-state index in [9.17, 15) is 0 Å². The molecule has 0 saturated heterocycles. The summed E-state index contributed by atoms with van der Waals surface area (Å²) < 4.78 is 3.96. The maximum absolute atomic E-state index is 4.49. The highest BCUT2D eigenvalue weighted by atomic mass is 32.2. The highest BCUT2D eigenvalue weighted by Gasteiger charge is 1.53. The van der Waals surface area contributed by atoms with E-state index in [0.717, 1.165) is 12.0 Å². The molecule has 2 radical (unpaired) electrons. The van der Waals surface area contributed by atoms with Gasteiger partial charge in [0.2, 0.25) is 0 Å². The van der Waals surface area contributed by atoms with Gasteiger partial charge in [-0.15, -0.1) is 0 Å². The van der Waals surface area contributed by atoms with Crippen molar-refractivity contribution in [2.75, 3.05) is 6.26 Å². The molecule has 0 N–H and O–H groups in total. The first-order valence-electron chi connectivity index (χ1n) is 0.811. The van der Waals surface area contributed by atoms with Gasteiger partial charge in [0.15, 0.2) is 0 Å². The molecule has 0 spiro atoms. The van der Waals surface area contributed by atoms with Gasteiger partial charge in [-0.3, -0.25) is 0 Å². The molecule has 1 nitrogen and oxygen atoms in total. The van der Waals surface area contributed by atoms with Gasteiger partial charge in [-0.2, -0.15) is 0 Å². The Morgan fingerprint density at radius 3 is 2.25 bits per heavy atom. The molecule has 0 aliphatic carbocycles. The average Bonchev–Trinajstić information content (AvgIpc) is 1.37. The van der Waals surface area contributed by atoms with Crippen molar-refractivity contribution >= 4 is 20.1 Å². The van der Waals surface area contributed by atoms with Crippen molar-refractivity contribution in [1.82, 2.24) is 0 Å². The van der Waals surface area contributed by atoms with E-state index < -0.39 is 0 Å². The van der Waals surface area contributed by atoms with E-state index >= 15 is 0 Å². The second-order valence-corrected chi connectivity index (χ2v) is 0.789. The smallest absolute Gasteiger partial charge is 0.305 e. The van der Waals surface area contributed by atoms with E-state index in [1.54, 1.807) is 6.26 Å². The Morgan fingerprint density at radius 1 is 2.00 bits per heavy atom. The quantitative estimate of drug-likeness (QED) is 0.328. The zero-order valence-electron chi connectivity index (χ0n) is 2.39. The Bertz CT molecular complexity index is 10.0. The zero-order valence-corrected chi connectivity index (χ0v) is 3.21. The Morgan fingerprint density at radius 2 is 2.25 bits per heavy atom. The molecule has 0 aromatic carbocycles. The van der Waals surface area contributed by atoms with Crippen molar-refractivity contribution in [3.05, 3.63) is 0 Å². The lowest BCUT2D eigenvalue weighted by Crippen LogP contribution is -1.57. The van der Waals surface area contributed by atoms with E-state index in [0.29, 0.717) is 0 Å². The van der Waals surface area contributed by atoms with Gasteiger partial charge >= 0.3 is 8.05 Å². The lowest BCUT2D eigenvalue weighted by atomic mass is 10.6. The molecular weight excluding hydrogens is 70.9 g/mol. The van der Waals surface area contributed by atoms with Gasteiger partial charge in [-0.25, -0.2) is 0 Å². The van der Waals surface area contributed by atoms with Crippen LogP contribution in [0, 0.1) is 0 Å². The van der Waals surface area contributed by atoms with Crippen LogP contribution in [-0.2, 0) is 4.10 Å². The van der Waals surface area contributed by atoms with Crippen LogP contribution in [0.4, 0.5) is 0 Å². The first kappa shape index (κ1) is 4.37. The molecule has 4 heavy (non-hydrogen) atoms. The van der Waals surface area contributed by atoms with Gasteiger partial charge in [0, 0.05) is 6.26 Å². The SMILES string of the molecule is [B]OSC. The monoisotopic (exact) mass is 74.0 g/mol. The maximum Gasteiger partial charge on any atom is 0.305 e. The van der Waals surface area contributed by atoms with Crippen molar-refractivity contribution in [1.29, 1.82) is 0 Å². The first-order valence-corrected chi connectivity index (χ1v) is 1.96. The third kappa shape index (κ3) is 2.37. The molecule has 0 aromatic rings. The standard InChI is InChI=1S/CH3BOS/c1-4-3-2/h1H3. The molecule has 0 saturated carbocycles. The van der Waals surface area contributed by atoms with Crippen LogP contribution < -0.4 is 0 Å². The van der Waals surface area contributed by atoms with Gasteiger partial charge in [-0.05, 0) is 12.0 Å². The van der Waals surface area contributed by atoms with Gasteiger partial charge in [-0.1, -0.05) is 0 Å². The number of hydrogen-bond donors (Lipinski definition) is 0. The molecule has 0 rings (SSSR count). The topological polar surface area (TPSA) is 9.23 Å². The van der Waals surface area contributed by atoms with E-state index in [1.807, 2.05) is 0 Å². The molecule has 0 heterocycles. The highest BCUT2D eigenvalue weighted by Crippen LogP contribution is 1.83. The van der Waals surface area contributed by atoms with E-state index in [2.05, 4.69) is 12.1 Å². The minimum atomic E-state index is 1.13. The summed E-state index contributed by atoms with van der Waals surface area (Å²) in [6.45, 7) is 0. The van der Waals surface area contributed by atoms with Crippen LogP contribution >= 0.6 is 12.0 Å². The van der Waals surface area contributed by atoms with Gasteiger partial charge < -0.3 is 4.10 Å². The van der Waals surface area contributed by atoms with Crippen molar-refractivity contribution in [2.24, 2.45) is 0 Å². The van der Waals surface area contributed by atoms with E-state index in [-0.39, 0.29) is 0 Å². The molecule has 22 valence electrons. The van der Waals surface area contributed by atoms with Crippen LogP contribution in [0.5, 0.6) is 0 Å². The molecule has 0 unspecified atom stereocenters. The fourth-order valence-electron chi connectivity index (χ4n) is 0. The molecule has 0 bridgehead atoms. The molecule has 3 heteroatoms. The van der Waals surface area contributed by atoms with Crippen LogP contribution in [0.25, 0.3) is 0 Å². The minimum Gasteiger partial charge on any atom is -0.390 e. The number of hydrogen-bond acceptors (Lipinski definition) is 2. The first-order chi connectivity index (χ1) is 1.91. The lowest BCUT2D eigenvalue weighted by molar-refractivity contribution is 0.729. The zero-order chi connectivity index (χ0) is 3.41. The molecule has 0 atom stereocenters. The van der Waals surface area contributed by atoms with Crippen LogP contribution in [0.1, 0.15) is 0 Å². The Kier molecular flexibility index (Phi) is 3.69. The average molecular weight is 73.9 g/mol. The molecule has 0 fully saturated rings. The molecule has 0 aromatic heterocycles. The Balaban J connectivity index is 1.97. The predicted octanol–water partition coefficient (Wildman–Crippen LogP) is 0.364. The van der Waals surface area contributed by atoms with Crippen LogP contribution in [0.15, 0.2) is 0 Å². The number of rotatable bonds is 1. The highest BCUT2D eigenvalue weighted by molar-refractivity contribution is 7.94. The van der Waals surface area contributed by atoms with Crippen molar-refractivity contribution in [3.8, 4) is 0 Å². The summed E-state index contributed by atoms with van der Waals surface area (Å²) in [4.78, 5) is 0. The summed E-state index contributed by atoms with van der Waals surface area (Å²) in [7, 11) is 4.49. The summed E-state index contributed by atoms with van der Waals surface area (Å²) in [6.07, 6.45) is 1.75. The largest absolute Gasteiger partial charge is 0.390 e. The lowest BCUT2D eigenvalue weighted by Gasteiger charge is -1.75. The van der Waals surface area contributed by atoms with E-state index in [4.69, 9.17) is 0 Å². The van der Waals surface area contributed by atoms with Gasteiger partial charge in [0.25, 0.3) is 0 Å². The molecule has 0 amide bonds. The summed E-state index contributed by atoms with van der Waals surface area (Å²) in [5.41, 5.74) is 0. The third-order valence-electron chi connectivity index (χ3n) is 0.0962. The third-order valence-corrected chi connectivity index (χ3v) is 0.289. The Labute approximate surface area is 31.4 Å². The Hall–Kier alpha value is 0.375. The van der Waals surface area contributed by atoms with Crippen molar-refractivity contribution < 1.29 is 4.10 Å². The molecule has 0 aliphatic rings.